The molecule has 116 valence electrons. The third-order valence-electron chi connectivity index (χ3n) is 2.25. The maximum atomic E-state index is 10.7. The first kappa shape index (κ1) is 19.0. The largest absolute Gasteiger partial charge is 0.463 e. The van der Waals surface area contributed by atoms with Gasteiger partial charge in [-0.25, -0.2) is 14.6 Å². The third kappa shape index (κ3) is 10.9. The fraction of sp³-hybridized carbons (Fsp3) is 0.583. The zero-order chi connectivity index (χ0) is 15.4. The molecular formula is C12H21O7P. The zero-order valence-electron chi connectivity index (χ0n) is 11.3. The molecule has 7 nitrogen and oxygen atoms in total. The van der Waals surface area contributed by atoms with Gasteiger partial charge >= 0.3 is 13.6 Å². The Morgan fingerprint density at radius 3 is 2.25 bits per heavy atom. The van der Waals surface area contributed by atoms with Crippen molar-refractivity contribution in [2.75, 3.05) is 19.8 Å². The lowest BCUT2D eigenvalue weighted by atomic mass is 10.2. The zero-order valence-corrected chi connectivity index (χ0v) is 12.2. The molecule has 2 N–H and O–H groups in total. The molecule has 0 saturated carbocycles. The molecule has 0 fully saturated rings. The normalized spacial score (nSPS) is 11.1. The minimum atomic E-state index is -4.29. The van der Waals surface area contributed by atoms with Crippen LogP contribution in [0.25, 0.3) is 0 Å². The van der Waals surface area contributed by atoms with Crippen LogP contribution in [0.5, 0.6) is 0 Å². The molecule has 0 unspecified atom stereocenters. The molecule has 0 aliphatic carbocycles. The lowest BCUT2D eigenvalue weighted by Gasteiger charge is -2.07. The van der Waals surface area contributed by atoms with Crippen LogP contribution in [0.15, 0.2) is 24.5 Å². The summed E-state index contributed by atoms with van der Waals surface area (Å²) in [4.78, 5) is 37.5. The molecule has 0 amide bonds. The van der Waals surface area contributed by atoms with Crippen molar-refractivity contribution in [2.24, 2.45) is 0 Å². The number of esters is 1. The fourth-order valence-electron chi connectivity index (χ4n) is 1.10. The van der Waals surface area contributed by atoms with Crippen molar-refractivity contribution in [1.82, 2.24) is 0 Å². The average Bonchev–Trinajstić information content (AvgIpc) is 2.39. The highest BCUT2D eigenvalue weighted by Gasteiger charge is 2.18. The van der Waals surface area contributed by atoms with E-state index in [1.807, 2.05) is 0 Å². The van der Waals surface area contributed by atoms with Crippen molar-refractivity contribution in [2.45, 2.75) is 25.7 Å². The van der Waals surface area contributed by atoms with Gasteiger partial charge in [0.05, 0.1) is 18.5 Å². The Balaban J connectivity index is 3.29. The molecule has 0 aliphatic heterocycles. The third-order valence-corrected chi connectivity index (χ3v) is 3.21. The van der Waals surface area contributed by atoms with Crippen LogP contribution in [0.3, 0.4) is 0 Å². The van der Waals surface area contributed by atoms with E-state index in [1.54, 1.807) is 0 Å². The minimum Gasteiger partial charge on any atom is -0.463 e. The van der Waals surface area contributed by atoms with Gasteiger partial charge in [-0.3, -0.25) is 4.57 Å². The SMILES string of the molecule is C=CC(=O)OCCCCCCOOCC(=C)P(=O)(O)O. The van der Waals surface area contributed by atoms with E-state index < -0.39 is 13.6 Å². The number of rotatable bonds is 12. The number of ether oxygens (including phenoxy) is 1. The first-order chi connectivity index (χ1) is 9.38. The van der Waals surface area contributed by atoms with Crippen molar-refractivity contribution in [3.05, 3.63) is 24.5 Å². The van der Waals surface area contributed by atoms with E-state index in [-0.39, 0.29) is 11.9 Å². The Hall–Kier alpha value is -0.980. The summed E-state index contributed by atoms with van der Waals surface area (Å²) in [5, 5.41) is -0.318. The monoisotopic (exact) mass is 308 g/mol. The topological polar surface area (TPSA) is 102 Å². The van der Waals surface area contributed by atoms with Crippen LogP contribution in [-0.2, 0) is 23.9 Å². The first-order valence-electron chi connectivity index (χ1n) is 6.15. The van der Waals surface area contributed by atoms with Gasteiger partial charge in [0.1, 0.15) is 6.61 Å². The second-order valence-corrected chi connectivity index (χ2v) is 5.70. The Morgan fingerprint density at radius 1 is 1.10 bits per heavy atom. The molecule has 20 heavy (non-hydrogen) atoms. The van der Waals surface area contributed by atoms with Gasteiger partial charge in [-0.15, -0.1) is 0 Å². The summed E-state index contributed by atoms with van der Waals surface area (Å²) in [7, 11) is -4.29. The van der Waals surface area contributed by atoms with E-state index in [1.165, 1.54) is 0 Å². The molecule has 0 bridgehead atoms. The van der Waals surface area contributed by atoms with Crippen LogP contribution in [0, 0.1) is 0 Å². The highest BCUT2D eigenvalue weighted by molar-refractivity contribution is 7.56. The maximum absolute atomic E-state index is 10.7. The molecule has 0 aromatic heterocycles. The standard InChI is InChI=1S/C12H21O7P/c1-3-12(13)17-8-6-4-5-7-9-18-19-10-11(2)20(14,15)16/h3H,1-2,4-10H2,(H2,14,15,16). The summed E-state index contributed by atoms with van der Waals surface area (Å²) in [5.74, 6) is -0.424. The van der Waals surface area contributed by atoms with E-state index in [9.17, 15) is 9.36 Å². The van der Waals surface area contributed by atoms with Crippen LogP contribution < -0.4 is 0 Å². The summed E-state index contributed by atoms with van der Waals surface area (Å²) < 4.78 is 15.5. The Morgan fingerprint density at radius 2 is 1.70 bits per heavy atom. The van der Waals surface area contributed by atoms with Crippen molar-refractivity contribution in [1.29, 1.82) is 0 Å². The summed E-state index contributed by atoms with van der Waals surface area (Å²) in [6.07, 6.45) is 4.36. The molecule has 0 aromatic carbocycles. The smallest absolute Gasteiger partial charge is 0.354 e. The first-order valence-corrected chi connectivity index (χ1v) is 7.76. The predicted molar refractivity (Wildman–Crippen MR) is 72.7 cm³/mol. The van der Waals surface area contributed by atoms with Crippen LogP contribution in [0.4, 0.5) is 0 Å². The molecule has 0 saturated heterocycles. The van der Waals surface area contributed by atoms with E-state index >= 15 is 0 Å². The average molecular weight is 308 g/mol. The van der Waals surface area contributed by atoms with Gasteiger partial charge in [0.15, 0.2) is 0 Å². The molecule has 0 radical (unpaired) electrons. The maximum Gasteiger partial charge on any atom is 0.354 e. The number of carbonyl (C=O) groups is 1. The Kier molecular flexibility index (Phi) is 10.2. The highest BCUT2D eigenvalue weighted by Crippen LogP contribution is 2.43. The molecule has 0 rings (SSSR count). The van der Waals surface area contributed by atoms with Gasteiger partial charge in [0.25, 0.3) is 0 Å². The van der Waals surface area contributed by atoms with Crippen molar-refractivity contribution < 1.29 is 33.7 Å². The van der Waals surface area contributed by atoms with Gasteiger partial charge in [0.2, 0.25) is 0 Å². The molecule has 0 heterocycles. The molecular weight excluding hydrogens is 287 g/mol. The van der Waals surface area contributed by atoms with Crippen molar-refractivity contribution in [3.8, 4) is 0 Å². The van der Waals surface area contributed by atoms with Crippen LogP contribution in [0.1, 0.15) is 25.7 Å². The lowest BCUT2D eigenvalue weighted by Crippen LogP contribution is -2.03. The second kappa shape index (κ2) is 10.8. The quantitative estimate of drug-likeness (QED) is 0.142. The van der Waals surface area contributed by atoms with Gasteiger partial charge in [0, 0.05) is 6.08 Å². The molecule has 0 aromatic rings. The number of carbonyl (C=O) groups excluding carboxylic acids is 1. The molecule has 0 spiro atoms. The lowest BCUT2D eigenvalue weighted by molar-refractivity contribution is -0.287. The van der Waals surface area contributed by atoms with E-state index in [4.69, 9.17) is 19.4 Å². The second-order valence-electron chi connectivity index (χ2n) is 3.98. The predicted octanol–water partition coefficient (Wildman–Crippen LogP) is 1.92. The van der Waals surface area contributed by atoms with Crippen molar-refractivity contribution >= 4 is 13.6 Å². The Bertz CT molecular complexity index is 361. The van der Waals surface area contributed by atoms with Crippen LogP contribution >= 0.6 is 7.60 Å². The molecule has 8 heteroatoms. The highest BCUT2D eigenvalue weighted by atomic mass is 31.2. The summed E-state index contributed by atoms with van der Waals surface area (Å²) in [6, 6.07) is 0. The Labute approximate surface area is 118 Å². The van der Waals surface area contributed by atoms with Crippen LogP contribution in [0.2, 0.25) is 0 Å². The van der Waals surface area contributed by atoms with Crippen LogP contribution in [-0.4, -0.2) is 35.6 Å². The van der Waals surface area contributed by atoms with Gasteiger partial charge in [-0.05, 0) is 19.3 Å². The number of unbranched alkanes of at least 4 members (excludes halogenated alkanes) is 3. The molecule has 0 aliphatic rings. The number of hydrogen-bond acceptors (Lipinski definition) is 5. The molecule has 0 atom stereocenters. The minimum absolute atomic E-state index is 0.318. The van der Waals surface area contributed by atoms with E-state index in [2.05, 4.69) is 18.0 Å². The summed E-state index contributed by atoms with van der Waals surface area (Å²) in [5.41, 5.74) is 0. The van der Waals surface area contributed by atoms with Gasteiger partial charge in [-0.1, -0.05) is 19.6 Å². The van der Waals surface area contributed by atoms with E-state index in [0.717, 1.165) is 31.8 Å². The van der Waals surface area contributed by atoms with E-state index in [0.29, 0.717) is 13.2 Å². The number of hydrogen-bond donors (Lipinski definition) is 2. The summed E-state index contributed by atoms with van der Waals surface area (Å²) in [6.45, 7) is 6.84. The van der Waals surface area contributed by atoms with Gasteiger partial charge in [-0.2, -0.15) is 0 Å². The summed E-state index contributed by atoms with van der Waals surface area (Å²) >= 11 is 0. The van der Waals surface area contributed by atoms with Crippen molar-refractivity contribution in [3.63, 3.8) is 0 Å². The fourth-order valence-corrected chi connectivity index (χ4v) is 1.32. The van der Waals surface area contributed by atoms with Gasteiger partial charge < -0.3 is 14.5 Å².